The molecule has 1 aliphatic carbocycles. The molecular weight excluding hydrogens is 521 g/mol. The van der Waals surface area contributed by atoms with Crippen molar-refractivity contribution in [3.05, 3.63) is 36.2 Å². The standard InChI is InChI=1S/C23H22F5N5O3S/c24-9-14(10-25)32-37(34,35)17-12-30-22(31-13-17)21-19(11-29)18-7-6-16(36-23(26,27)28)8-20(18)33(21)15-4-2-1-3-5-15/h6-8,12-15,32H,1-5,9-10H2. The minimum atomic E-state index is -4.90. The summed E-state index contributed by atoms with van der Waals surface area (Å²) in [6, 6.07) is 4.02. The third-order valence-electron chi connectivity index (χ3n) is 6.11. The lowest BCUT2D eigenvalue weighted by molar-refractivity contribution is -0.274. The summed E-state index contributed by atoms with van der Waals surface area (Å²) < 4.78 is 96.8. The molecule has 1 aliphatic rings. The fourth-order valence-corrected chi connectivity index (χ4v) is 5.59. The summed E-state index contributed by atoms with van der Waals surface area (Å²) in [5, 5.41) is 10.3. The van der Waals surface area contributed by atoms with Gasteiger partial charge in [0, 0.05) is 17.5 Å². The predicted molar refractivity (Wildman–Crippen MR) is 123 cm³/mol. The zero-order valence-corrected chi connectivity index (χ0v) is 20.1. The largest absolute Gasteiger partial charge is 0.573 e. The second-order valence-corrected chi connectivity index (χ2v) is 10.3. The fourth-order valence-electron chi connectivity index (χ4n) is 4.51. The number of alkyl halides is 5. The SMILES string of the molecule is N#Cc1c(-c2ncc(S(=O)(=O)NC(CF)CF)cn2)n(C2CCCCC2)c2cc(OC(F)(F)F)ccc12. The van der Waals surface area contributed by atoms with E-state index in [4.69, 9.17) is 0 Å². The molecule has 8 nitrogen and oxygen atoms in total. The van der Waals surface area contributed by atoms with Gasteiger partial charge in [-0.05, 0) is 25.0 Å². The number of ether oxygens (including phenoxy) is 1. The lowest BCUT2D eigenvalue weighted by Gasteiger charge is -2.26. The quantitative estimate of drug-likeness (QED) is 0.402. The first-order valence-electron chi connectivity index (χ1n) is 11.4. The highest BCUT2D eigenvalue weighted by atomic mass is 32.2. The molecule has 0 amide bonds. The number of rotatable bonds is 8. The monoisotopic (exact) mass is 543 g/mol. The maximum Gasteiger partial charge on any atom is 0.573 e. The van der Waals surface area contributed by atoms with Gasteiger partial charge in [-0.3, -0.25) is 0 Å². The molecule has 1 saturated carbocycles. The molecule has 14 heteroatoms. The van der Waals surface area contributed by atoms with Gasteiger partial charge >= 0.3 is 6.36 Å². The topological polar surface area (TPSA) is 110 Å². The molecule has 198 valence electrons. The highest BCUT2D eigenvalue weighted by molar-refractivity contribution is 7.89. The Morgan fingerprint density at radius 3 is 2.35 bits per heavy atom. The highest BCUT2D eigenvalue weighted by Crippen LogP contribution is 2.41. The average molecular weight is 544 g/mol. The Hall–Kier alpha value is -3.31. The number of hydrogen-bond acceptors (Lipinski definition) is 6. The van der Waals surface area contributed by atoms with E-state index < -0.39 is 46.4 Å². The second-order valence-electron chi connectivity index (χ2n) is 8.59. The van der Waals surface area contributed by atoms with Crippen LogP contribution in [0.1, 0.15) is 43.7 Å². The zero-order chi connectivity index (χ0) is 26.8. The minimum absolute atomic E-state index is 0.0249. The van der Waals surface area contributed by atoms with E-state index in [1.165, 1.54) is 12.1 Å². The smallest absolute Gasteiger partial charge is 0.406 e. The first-order valence-corrected chi connectivity index (χ1v) is 12.9. The maximum absolute atomic E-state index is 12.9. The molecule has 1 N–H and O–H groups in total. The van der Waals surface area contributed by atoms with Gasteiger partial charge in [0.2, 0.25) is 10.0 Å². The van der Waals surface area contributed by atoms with Crippen LogP contribution in [0.2, 0.25) is 0 Å². The summed E-state index contributed by atoms with van der Waals surface area (Å²) in [6.45, 7) is -2.50. The van der Waals surface area contributed by atoms with Crippen LogP contribution in [-0.4, -0.2) is 48.7 Å². The third kappa shape index (κ3) is 5.67. The Morgan fingerprint density at radius 2 is 1.78 bits per heavy atom. The summed E-state index contributed by atoms with van der Waals surface area (Å²) in [5.74, 6) is -0.475. The van der Waals surface area contributed by atoms with Crippen molar-refractivity contribution >= 4 is 20.9 Å². The molecule has 0 bridgehead atoms. The lowest BCUT2D eigenvalue weighted by Crippen LogP contribution is -2.38. The minimum Gasteiger partial charge on any atom is -0.406 e. The van der Waals surface area contributed by atoms with Crippen molar-refractivity contribution in [2.24, 2.45) is 0 Å². The van der Waals surface area contributed by atoms with Crippen molar-refractivity contribution in [3.8, 4) is 23.3 Å². The third-order valence-corrected chi connectivity index (χ3v) is 7.58. The van der Waals surface area contributed by atoms with Gasteiger partial charge in [0.05, 0.1) is 29.5 Å². The van der Waals surface area contributed by atoms with Crippen LogP contribution in [0.25, 0.3) is 22.4 Å². The van der Waals surface area contributed by atoms with E-state index in [2.05, 4.69) is 20.8 Å². The van der Waals surface area contributed by atoms with Gasteiger partial charge < -0.3 is 9.30 Å². The van der Waals surface area contributed by atoms with E-state index in [1.807, 2.05) is 4.72 Å². The molecule has 0 spiro atoms. The van der Waals surface area contributed by atoms with Crippen LogP contribution in [0, 0.1) is 11.3 Å². The molecule has 0 saturated heterocycles. The number of halogens is 5. The molecule has 0 unspecified atom stereocenters. The van der Waals surface area contributed by atoms with E-state index in [0.717, 1.165) is 37.7 Å². The van der Waals surface area contributed by atoms with Crippen molar-refractivity contribution in [2.45, 2.75) is 55.4 Å². The zero-order valence-electron chi connectivity index (χ0n) is 19.3. The number of benzene rings is 1. The first kappa shape index (κ1) is 26.7. The highest BCUT2D eigenvalue weighted by Gasteiger charge is 2.32. The van der Waals surface area contributed by atoms with Gasteiger partial charge in [0.15, 0.2) is 5.82 Å². The van der Waals surface area contributed by atoms with Crippen LogP contribution in [0.3, 0.4) is 0 Å². The van der Waals surface area contributed by atoms with Crippen LogP contribution in [0.5, 0.6) is 5.75 Å². The fraction of sp³-hybridized carbons (Fsp3) is 0.435. The van der Waals surface area contributed by atoms with Crippen molar-refractivity contribution in [1.82, 2.24) is 19.3 Å². The summed E-state index contributed by atoms with van der Waals surface area (Å²) >= 11 is 0. The average Bonchev–Trinajstić information content (AvgIpc) is 3.20. The van der Waals surface area contributed by atoms with Crippen LogP contribution in [-0.2, 0) is 10.0 Å². The van der Waals surface area contributed by atoms with Gasteiger partial charge in [0.1, 0.15) is 35.8 Å². The molecule has 37 heavy (non-hydrogen) atoms. The van der Waals surface area contributed by atoms with Crippen LogP contribution in [0.4, 0.5) is 22.0 Å². The number of nitrogens with one attached hydrogen (secondary N) is 1. The summed E-state index contributed by atoms with van der Waals surface area (Å²) in [5.41, 5.74) is 0.676. The van der Waals surface area contributed by atoms with E-state index in [9.17, 15) is 35.6 Å². The van der Waals surface area contributed by atoms with E-state index in [0.29, 0.717) is 23.7 Å². The lowest BCUT2D eigenvalue weighted by atomic mass is 9.95. The number of nitrogens with zero attached hydrogens (tertiary/aromatic N) is 4. The summed E-state index contributed by atoms with van der Waals surface area (Å²) in [6.07, 6.45) is 1.14. The molecule has 2 aromatic heterocycles. The van der Waals surface area contributed by atoms with Crippen molar-refractivity contribution < 1.29 is 35.1 Å². The molecule has 0 aliphatic heterocycles. The molecule has 1 fully saturated rings. The first-order chi connectivity index (χ1) is 17.6. The van der Waals surface area contributed by atoms with Crippen LogP contribution >= 0.6 is 0 Å². The predicted octanol–water partition coefficient (Wildman–Crippen LogP) is 4.96. The Labute approximate surface area is 209 Å². The van der Waals surface area contributed by atoms with Gasteiger partial charge in [-0.2, -0.15) is 5.26 Å². The molecule has 0 radical (unpaired) electrons. The van der Waals surface area contributed by atoms with E-state index >= 15 is 0 Å². The number of fused-ring (bicyclic) bond motifs is 1. The Balaban J connectivity index is 1.85. The molecular formula is C23H22F5N5O3S. The van der Waals surface area contributed by atoms with E-state index in [-0.39, 0.29) is 23.1 Å². The number of sulfonamides is 1. The number of hydrogen-bond donors (Lipinski definition) is 1. The Bertz CT molecular complexity index is 1410. The maximum atomic E-state index is 12.9. The molecule has 3 aromatic rings. The Kier molecular flexibility index (Phi) is 7.65. The van der Waals surface area contributed by atoms with Gasteiger partial charge in [0.25, 0.3) is 0 Å². The van der Waals surface area contributed by atoms with E-state index in [1.54, 1.807) is 4.57 Å². The molecule has 1 aromatic carbocycles. The Morgan fingerprint density at radius 1 is 1.14 bits per heavy atom. The molecule has 2 heterocycles. The van der Waals surface area contributed by atoms with Crippen molar-refractivity contribution in [1.29, 1.82) is 5.26 Å². The summed E-state index contributed by atoms with van der Waals surface area (Å²) in [4.78, 5) is 7.79. The number of nitriles is 1. The van der Waals surface area contributed by atoms with Gasteiger partial charge in [-0.15, -0.1) is 13.2 Å². The van der Waals surface area contributed by atoms with Crippen LogP contribution in [0.15, 0.2) is 35.5 Å². The molecule has 0 atom stereocenters. The van der Waals surface area contributed by atoms with Gasteiger partial charge in [-0.25, -0.2) is 31.9 Å². The van der Waals surface area contributed by atoms with Crippen molar-refractivity contribution in [3.63, 3.8) is 0 Å². The second kappa shape index (κ2) is 10.6. The molecule has 4 rings (SSSR count). The summed E-state index contributed by atoms with van der Waals surface area (Å²) in [7, 11) is -4.33. The van der Waals surface area contributed by atoms with Gasteiger partial charge in [-0.1, -0.05) is 19.3 Å². The van der Waals surface area contributed by atoms with Crippen LogP contribution < -0.4 is 9.46 Å². The normalized spacial score (nSPS) is 15.3. The van der Waals surface area contributed by atoms with Crippen molar-refractivity contribution in [2.75, 3.05) is 13.3 Å². The number of aromatic nitrogens is 3.